The van der Waals surface area contributed by atoms with Gasteiger partial charge >= 0.3 is 0 Å². The number of benzene rings is 1. The van der Waals surface area contributed by atoms with Gasteiger partial charge in [0, 0.05) is 23.6 Å². The van der Waals surface area contributed by atoms with Crippen molar-refractivity contribution in [2.75, 3.05) is 25.5 Å². The zero-order chi connectivity index (χ0) is 22.7. The minimum atomic E-state index is -0.296. The highest BCUT2D eigenvalue weighted by molar-refractivity contribution is 5.99. The fourth-order valence-electron chi connectivity index (χ4n) is 2.95. The number of carbonyl (C=O) groups is 2. The SMILES string of the molecule is CCN(CC(=O)Nc1cc(C(C)(C)C)nn1C(C)(C)C)C(=O)c1ccc(OC)cc1. The molecule has 0 spiro atoms. The van der Waals surface area contributed by atoms with Gasteiger partial charge in [-0.05, 0) is 52.0 Å². The lowest BCUT2D eigenvalue weighted by atomic mass is 9.92. The summed E-state index contributed by atoms with van der Waals surface area (Å²) in [6.45, 7) is 14.6. The molecule has 1 heterocycles. The van der Waals surface area contributed by atoms with E-state index in [4.69, 9.17) is 9.84 Å². The van der Waals surface area contributed by atoms with Crippen LogP contribution < -0.4 is 10.1 Å². The summed E-state index contributed by atoms with van der Waals surface area (Å²) in [5, 5.41) is 7.66. The number of aromatic nitrogens is 2. The van der Waals surface area contributed by atoms with Crippen LogP contribution >= 0.6 is 0 Å². The summed E-state index contributed by atoms with van der Waals surface area (Å²) in [6.07, 6.45) is 0. The molecule has 0 bridgehead atoms. The number of ether oxygens (including phenoxy) is 1. The first-order valence-corrected chi connectivity index (χ1v) is 10.2. The molecule has 0 aliphatic rings. The van der Waals surface area contributed by atoms with Gasteiger partial charge in [0.15, 0.2) is 0 Å². The van der Waals surface area contributed by atoms with E-state index in [1.807, 2.05) is 38.4 Å². The van der Waals surface area contributed by atoms with Gasteiger partial charge in [-0.15, -0.1) is 0 Å². The first-order chi connectivity index (χ1) is 13.9. The topological polar surface area (TPSA) is 76.5 Å². The monoisotopic (exact) mass is 414 g/mol. The lowest BCUT2D eigenvalue weighted by Gasteiger charge is -2.24. The number of hydrogen-bond donors (Lipinski definition) is 1. The average molecular weight is 415 g/mol. The van der Waals surface area contributed by atoms with Crippen LogP contribution in [-0.2, 0) is 15.7 Å². The number of anilines is 1. The van der Waals surface area contributed by atoms with Crippen molar-refractivity contribution in [1.82, 2.24) is 14.7 Å². The van der Waals surface area contributed by atoms with Crippen molar-refractivity contribution < 1.29 is 14.3 Å². The highest BCUT2D eigenvalue weighted by Gasteiger charge is 2.26. The van der Waals surface area contributed by atoms with Crippen molar-refractivity contribution in [3.63, 3.8) is 0 Å². The third-order valence-electron chi connectivity index (χ3n) is 4.72. The van der Waals surface area contributed by atoms with Gasteiger partial charge in [-0.3, -0.25) is 9.59 Å². The van der Waals surface area contributed by atoms with Gasteiger partial charge in [-0.2, -0.15) is 5.10 Å². The van der Waals surface area contributed by atoms with Gasteiger partial charge in [-0.1, -0.05) is 20.8 Å². The fraction of sp³-hybridized carbons (Fsp3) is 0.522. The van der Waals surface area contributed by atoms with E-state index in [0.717, 1.165) is 5.69 Å². The molecule has 1 N–H and O–H groups in total. The molecule has 1 aromatic carbocycles. The number of amides is 2. The molecule has 0 saturated heterocycles. The Morgan fingerprint density at radius 3 is 2.17 bits per heavy atom. The van der Waals surface area contributed by atoms with Gasteiger partial charge in [0.2, 0.25) is 5.91 Å². The number of nitrogens with one attached hydrogen (secondary N) is 1. The van der Waals surface area contributed by atoms with E-state index in [-0.39, 0.29) is 29.3 Å². The van der Waals surface area contributed by atoms with Gasteiger partial charge in [-0.25, -0.2) is 4.68 Å². The zero-order valence-electron chi connectivity index (χ0n) is 19.4. The van der Waals surface area contributed by atoms with Crippen LogP contribution in [0.2, 0.25) is 0 Å². The molecule has 0 aliphatic carbocycles. The van der Waals surface area contributed by atoms with E-state index in [9.17, 15) is 9.59 Å². The van der Waals surface area contributed by atoms with Crippen molar-refractivity contribution in [1.29, 1.82) is 0 Å². The van der Waals surface area contributed by atoms with Crippen LogP contribution in [0.5, 0.6) is 5.75 Å². The second kappa shape index (κ2) is 8.90. The van der Waals surface area contributed by atoms with Gasteiger partial charge in [0.25, 0.3) is 5.91 Å². The smallest absolute Gasteiger partial charge is 0.254 e. The van der Waals surface area contributed by atoms with E-state index in [0.29, 0.717) is 23.7 Å². The Hall–Kier alpha value is -2.83. The molecular weight excluding hydrogens is 380 g/mol. The molecule has 2 rings (SSSR count). The van der Waals surface area contributed by atoms with E-state index < -0.39 is 0 Å². The maximum Gasteiger partial charge on any atom is 0.254 e. The molecule has 0 radical (unpaired) electrons. The first kappa shape index (κ1) is 23.4. The summed E-state index contributed by atoms with van der Waals surface area (Å²) in [5.74, 6) is 0.849. The van der Waals surface area contributed by atoms with Crippen LogP contribution in [0, 0.1) is 0 Å². The lowest BCUT2D eigenvalue weighted by molar-refractivity contribution is -0.116. The summed E-state index contributed by atoms with van der Waals surface area (Å²) in [5.41, 5.74) is 0.972. The minimum Gasteiger partial charge on any atom is -0.497 e. The highest BCUT2D eigenvalue weighted by atomic mass is 16.5. The first-order valence-electron chi connectivity index (χ1n) is 10.2. The number of rotatable bonds is 6. The summed E-state index contributed by atoms with van der Waals surface area (Å²) in [6, 6.07) is 8.77. The van der Waals surface area contributed by atoms with E-state index in [1.54, 1.807) is 31.4 Å². The molecule has 0 aliphatic heterocycles. The Balaban J connectivity index is 2.18. The average Bonchev–Trinajstić information content (AvgIpc) is 3.10. The van der Waals surface area contributed by atoms with Gasteiger partial charge in [0.1, 0.15) is 18.1 Å². The van der Waals surface area contributed by atoms with E-state index in [1.165, 1.54) is 4.90 Å². The van der Waals surface area contributed by atoms with Crippen LogP contribution in [0.25, 0.3) is 0 Å². The highest BCUT2D eigenvalue weighted by Crippen LogP contribution is 2.28. The molecule has 0 atom stereocenters. The molecule has 1 aromatic heterocycles. The summed E-state index contributed by atoms with van der Waals surface area (Å²) >= 11 is 0. The largest absolute Gasteiger partial charge is 0.497 e. The second-order valence-corrected chi connectivity index (χ2v) is 9.34. The second-order valence-electron chi connectivity index (χ2n) is 9.34. The molecule has 7 nitrogen and oxygen atoms in total. The third-order valence-corrected chi connectivity index (χ3v) is 4.72. The van der Waals surface area contributed by atoms with Crippen molar-refractivity contribution in [3.05, 3.63) is 41.6 Å². The Morgan fingerprint density at radius 2 is 1.70 bits per heavy atom. The summed E-state index contributed by atoms with van der Waals surface area (Å²) < 4.78 is 6.96. The minimum absolute atomic E-state index is 0.0401. The quantitative estimate of drug-likeness (QED) is 0.774. The Morgan fingerprint density at radius 1 is 1.10 bits per heavy atom. The molecular formula is C23H34N4O3. The molecule has 164 valence electrons. The maximum atomic E-state index is 12.8. The molecule has 7 heteroatoms. The number of methoxy groups -OCH3 is 1. The number of likely N-dealkylation sites (N-methyl/N-ethyl adjacent to an activating group) is 1. The molecule has 2 aromatic rings. The predicted octanol–water partition coefficient (Wildman–Crippen LogP) is 4.05. The number of hydrogen-bond acceptors (Lipinski definition) is 4. The van der Waals surface area contributed by atoms with Crippen LogP contribution in [-0.4, -0.2) is 46.7 Å². The van der Waals surface area contributed by atoms with Crippen molar-refractivity contribution in [2.24, 2.45) is 0 Å². The Kier molecular flexibility index (Phi) is 6.95. The molecule has 30 heavy (non-hydrogen) atoms. The van der Waals surface area contributed by atoms with Gasteiger partial charge in [0.05, 0.1) is 18.3 Å². The normalized spacial score (nSPS) is 11.9. The predicted molar refractivity (Wildman–Crippen MR) is 119 cm³/mol. The van der Waals surface area contributed by atoms with Crippen LogP contribution in [0.4, 0.5) is 5.82 Å². The van der Waals surface area contributed by atoms with Crippen LogP contribution in [0.3, 0.4) is 0 Å². The Bertz CT molecular complexity index is 887. The van der Waals surface area contributed by atoms with Crippen LogP contribution in [0.15, 0.2) is 30.3 Å². The van der Waals surface area contributed by atoms with E-state index >= 15 is 0 Å². The number of carbonyl (C=O) groups excluding carboxylic acids is 2. The number of nitrogens with zero attached hydrogens (tertiary/aromatic N) is 3. The lowest BCUT2D eigenvalue weighted by Crippen LogP contribution is -2.38. The van der Waals surface area contributed by atoms with E-state index in [2.05, 4.69) is 26.1 Å². The molecule has 2 amide bonds. The molecule has 0 unspecified atom stereocenters. The van der Waals surface area contributed by atoms with Gasteiger partial charge < -0.3 is 15.0 Å². The fourth-order valence-corrected chi connectivity index (χ4v) is 2.95. The summed E-state index contributed by atoms with van der Waals surface area (Å²) in [7, 11) is 1.58. The Labute approximate surface area is 179 Å². The van der Waals surface area contributed by atoms with Crippen LogP contribution in [0.1, 0.15) is 64.5 Å². The maximum absolute atomic E-state index is 12.8. The third kappa shape index (κ3) is 5.62. The molecule has 0 fully saturated rings. The van der Waals surface area contributed by atoms with Crippen molar-refractivity contribution in [3.8, 4) is 5.75 Å². The van der Waals surface area contributed by atoms with Crippen molar-refractivity contribution in [2.45, 2.75) is 59.4 Å². The zero-order valence-corrected chi connectivity index (χ0v) is 19.4. The van der Waals surface area contributed by atoms with Crippen molar-refractivity contribution >= 4 is 17.6 Å². The standard InChI is InChI=1S/C23H34N4O3/c1-9-26(21(29)16-10-12-17(30-8)13-11-16)15-20(28)24-19-14-18(22(2,3)4)25-27(19)23(5,6)7/h10-14H,9,15H2,1-8H3,(H,24,28). The molecule has 0 saturated carbocycles. The summed E-state index contributed by atoms with van der Waals surface area (Å²) in [4.78, 5) is 27.1.